The molecule has 0 aromatic carbocycles. The lowest BCUT2D eigenvalue weighted by Gasteiger charge is -2.18. The second kappa shape index (κ2) is 5.84. The largest absolute Gasteiger partial charge is 0.467 e. The van der Waals surface area contributed by atoms with Crippen molar-refractivity contribution in [1.29, 1.82) is 5.26 Å². The van der Waals surface area contributed by atoms with E-state index in [0.717, 1.165) is 11.3 Å². The van der Waals surface area contributed by atoms with Crippen molar-refractivity contribution in [3.05, 3.63) is 10.0 Å². The van der Waals surface area contributed by atoms with Gasteiger partial charge in [0.05, 0.1) is 7.11 Å². The van der Waals surface area contributed by atoms with Crippen molar-refractivity contribution in [3.8, 4) is 6.07 Å². The van der Waals surface area contributed by atoms with Crippen LogP contribution in [0.1, 0.15) is 18.7 Å². The molecule has 0 spiro atoms. The van der Waals surface area contributed by atoms with Crippen molar-refractivity contribution in [3.63, 3.8) is 0 Å². The highest BCUT2D eigenvalue weighted by atomic mass is 35.5. The molecule has 1 N–H and O–H groups in total. The number of nitriles is 1. The molecule has 17 heavy (non-hydrogen) atoms. The van der Waals surface area contributed by atoms with Gasteiger partial charge < -0.3 is 10.1 Å². The van der Waals surface area contributed by atoms with Gasteiger partial charge in [-0.1, -0.05) is 36.8 Å². The van der Waals surface area contributed by atoms with Gasteiger partial charge in [0.15, 0.2) is 10.3 Å². The minimum absolute atomic E-state index is 0.0376. The first-order valence-corrected chi connectivity index (χ1v) is 6.09. The van der Waals surface area contributed by atoms with Crippen LogP contribution in [0.2, 0.25) is 5.15 Å². The van der Waals surface area contributed by atoms with Crippen molar-refractivity contribution in [2.75, 3.05) is 12.4 Å². The summed E-state index contributed by atoms with van der Waals surface area (Å²) in [5, 5.41) is 12.3. The van der Waals surface area contributed by atoms with E-state index in [2.05, 4.69) is 15.0 Å². The third-order valence-electron chi connectivity index (χ3n) is 2.09. The third kappa shape index (κ3) is 3.32. The molecular weight excluding hydrogens is 262 g/mol. The van der Waals surface area contributed by atoms with Gasteiger partial charge in [0.1, 0.15) is 17.0 Å². The van der Waals surface area contributed by atoms with Crippen LogP contribution in [0.15, 0.2) is 0 Å². The minimum atomic E-state index is -0.506. The first kappa shape index (κ1) is 13.7. The summed E-state index contributed by atoms with van der Waals surface area (Å²) in [6.45, 7) is 3.77. The molecule has 1 rings (SSSR count). The van der Waals surface area contributed by atoms with Crippen LogP contribution in [-0.2, 0) is 9.53 Å². The van der Waals surface area contributed by atoms with E-state index in [9.17, 15) is 4.79 Å². The number of hydrogen-bond acceptors (Lipinski definition) is 6. The van der Waals surface area contributed by atoms with Gasteiger partial charge in [-0.05, 0) is 5.92 Å². The molecule has 0 amide bonds. The molecule has 0 saturated heterocycles. The fraction of sp³-hybridized carbons (Fsp3) is 0.500. The molecule has 7 heteroatoms. The van der Waals surface area contributed by atoms with E-state index in [1.165, 1.54) is 7.11 Å². The predicted molar refractivity (Wildman–Crippen MR) is 66.1 cm³/mol. The maximum absolute atomic E-state index is 11.5. The summed E-state index contributed by atoms with van der Waals surface area (Å²) < 4.78 is 4.69. The number of rotatable bonds is 4. The topological polar surface area (TPSA) is 75.0 Å². The van der Waals surface area contributed by atoms with Crippen LogP contribution in [0.3, 0.4) is 0 Å². The van der Waals surface area contributed by atoms with E-state index >= 15 is 0 Å². The average Bonchev–Trinajstić information content (AvgIpc) is 2.65. The van der Waals surface area contributed by atoms with Gasteiger partial charge in [0.2, 0.25) is 0 Å². The molecule has 0 aliphatic carbocycles. The minimum Gasteiger partial charge on any atom is -0.467 e. The first-order valence-electron chi connectivity index (χ1n) is 4.90. The van der Waals surface area contributed by atoms with Crippen molar-refractivity contribution < 1.29 is 9.53 Å². The number of ether oxygens (including phenoxy) is 1. The smallest absolute Gasteiger partial charge is 0.328 e. The van der Waals surface area contributed by atoms with E-state index in [1.807, 2.05) is 19.9 Å². The van der Waals surface area contributed by atoms with Crippen molar-refractivity contribution in [2.45, 2.75) is 19.9 Å². The summed E-state index contributed by atoms with van der Waals surface area (Å²) in [5.74, 6) is -0.333. The highest BCUT2D eigenvalue weighted by Crippen LogP contribution is 2.27. The lowest BCUT2D eigenvalue weighted by atomic mass is 10.1. The lowest BCUT2D eigenvalue weighted by Crippen LogP contribution is -2.35. The van der Waals surface area contributed by atoms with Crippen LogP contribution in [-0.4, -0.2) is 24.1 Å². The number of methoxy groups -OCH3 is 1. The molecule has 1 heterocycles. The Labute approximate surface area is 108 Å². The van der Waals surface area contributed by atoms with Crippen LogP contribution in [0.4, 0.5) is 5.13 Å². The molecule has 0 aliphatic rings. The second-order valence-corrected chi connectivity index (χ2v) is 5.00. The highest BCUT2D eigenvalue weighted by molar-refractivity contribution is 7.16. The number of aromatic nitrogens is 1. The van der Waals surface area contributed by atoms with Crippen LogP contribution >= 0.6 is 22.9 Å². The summed E-state index contributed by atoms with van der Waals surface area (Å²) in [6.07, 6.45) is 0. The predicted octanol–water partition coefficient (Wildman–Crippen LogP) is 2.28. The molecule has 0 radical (unpaired) electrons. The molecule has 92 valence electrons. The molecular formula is C10H12ClN3O2S. The Morgan fingerprint density at radius 3 is 2.71 bits per heavy atom. The maximum Gasteiger partial charge on any atom is 0.328 e. The number of carbonyl (C=O) groups is 1. The highest BCUT2D eigenvalue weighted by Gasteiger charge is 2.24. The van der Waals surface area contributed by atoms with Crippen LogP contribution in [0.25, 0.3) is 0 Å². The number of esters is 1. The first-order chi connectivity index (χ1) is 7.99. The molecule has 0 saturated carbocycles. The van der Waals surface area contributed by atoms with E-state index < -0.39 is 6.04 Å². The van der Waals surface area contributed by atoms with Gasteiger partial charge in [0, 0.05) is 0 Å². The fourth-order valence-electron chi connectivity index (χ4n) is 1.19. The molecule has 1 atom stereocenters. The van der Waals surface area contributed by atoms with Crippen LogP contribution in [0, 0.1) is 17.2 Å². The normalized spacial score (nSPS) is 12.0. The zero-order valence-corrected chi connectivity index (χ0v) is 11.2. The summed E-state index contributed by atoms with van der Waals surface area (Å²) in [6, 6.07) is 1.42. The summed E-state index contributed by atoms with van der Waals surface area (Å²) >= 11 is 6.85. The Bertz CT molecular complexity index is 453. The Hall–Kier alpha value is -1.32. The molecule has 0 fully saturated rings. The number of halogens is 1. The van der Waals surface area contributed by atoms with Crippen LogP contribution < -0.4 is 5.32 Å². The average molecular weight is 274 g/mol. The van der Waals surface area contributed by atoms with Gasteiger partial charge in [-0.25, -0.2) is 9.78 Å². The summed E-state index contributed by atoms with van der Waals surface area (Å²) in [4.78, 5) is 15.8. The van der Waals surface area contributed by atoms with E-state index in [4.69, 9.17) is 16.9 Å². The molecule has 5 nitrogen and oxygen atoms in total. The number of carbonyl (C=O) groups excluding carboxylic acids is 1. The summed E-state index contributed by atoms with van der Waals surface area (Å²) in [5.41, 5.74) is 0. The monoisotopic (exact) mass is 273 g/mol. The SMILES string of the molecule is COC(=O)C(Nc1nc(Cl)c(C#N)s1)C(C)C. The summed E-state index contributed by atoms with van der Waals surface area (Å²) in [7, 11) is 1.33. The molecule has 0 bridgehead atoms. The zero-order chi connectivity index (χ0) is 13.0. The van der Waals surface area contributed by atoms with Gasteiger partial charge in [-0.2, -0.15) is 5.26 Å². The van der Waals surface area contributed by atoms with Gasteiger partial charge in [0.25, 0.3) is 0 Å². The quantitative estimate of drug-likeness (QED) is 0.852. The van der Waals surface area contributed by atoms with Crippen molar-refractivity contribution in [2.24, 2.45) is 5.92 Å². The number of nitrogens with zero attached hydrogens (tertiary/aromatic N) is 2. The standard InChI is InChI=1S/C10H12ClN3O2S/c1-5(2)7(9(15)16-3)13-10-14-8(11)6(4-12)17-10/h5,7H,1-3H3,(H,13,14). The maximum atomic E-state index is 11.5. The Morgan fingerprint density at radius 1 is 1.65 bits per heavy atom. The van der Waals surface area contributed by atoms with Gasteiger partial charge >= 0.3 is 5.97 Å². The molecule has 1 aromatic heterocycles. The Morgan fingerprint density at radius 2 is 2.29 bits per heavy atom. The molecule has 1 unspecified atom stereocenters. The van der Waals surface area contributed by atoms with Crippen molar-refractivity contribution >= 4 is 34.0 Å². The fourth-order valence-corrected chi connectivity index (χ4v) is 2.17. The number of thiazole rings is 1. The third-order valence-corrected chi connectivity index (χ3v) is 3.36. The second-order valence-electron chi connectivity index (χ2n) is 3.64. The van der Waals surface area contributed by atoms with E-state index in [1.54, 1.807) is 0 Å². The van der Waals surface area contributed by atoms with Gasteiger partial charge in [-0.15, -0.1) is 0 Å². The Kier molecular flexibility index (Phi) is 4.73. The molecule has 0 aliphatic heterocycles. The van der Waals surface area contributed by atoms with Crippen molar-refractivity contribution in [1.82, 2.24) is 4.98 Å². The number of anilines is 1. The molecule has 1 aromatic rings. The lowest BCUT2D eigenvalue weighted by molar-refractivity contribution is -0.142. The zero-order valence-electron chi connectivity index (χ0n) is 9.65. The number of nitrogens with one attached hydrogen (secondary N) is 1. The van der Waals surface area contributed by atoms with E-state index in [0.29, 0.717) is 10.0 Å². The number of hydrogen-bond donors (Lipinski definition) is 1. The van der Waals surface area contributed by atoms with Gasteiger partial charge in [-0.3, -0.25) is 0 Å². The van der Waals surface area contributed by atoms with Crippen LogP contribution in [0.5, 0.6) is 0 Å². The Balaban J connectivity index is 2.87. The van der Waals surface area contributed by atoms with E-state index in [-0.39, 0.29) is 17.0 Å².